The molecule has 0 radical (unpaired) electrons. The highest BCUT2D eigenvalue weighted by Gasteiger charge is 2.16. The smallest absolute Gasteiger partial charge is 0.161 e. The van der Waals surface area contributed by atoms with E-state index in [1.54, 1.807) is 0 Å². The zero-order chi connectivity index (χ0) is 15.6. The van der Waals surface area contributed by atoms with E-state index < -0.39 is 5.82 Å². The van der Waals surface area contributed by atoms with Crippen LogP contribution in [0.4, 0.5) is 4.39 Å². The van der Waals surface area contributed by atoms with E-state index in [4.69, 9.17) is 10.00 Å². The van der Waals surface area contributed by atoms with Crippen molar-refractivity contribution in [3.8, 4) is 23.3 Å². The third-order valence-corrected chi connectivity index (χ3v) is 3.47. The van der Waals surface area contributed by atoms with Crippen LogP contribution in [0.15, 0.2) is 34.8 Å². The van der Waals surface area contributed by atoms with Crippen LogP contribution in [-0.4, -0.2) is 10.9 Å². The molecule has 0 saturated heterocycles. The van der Waals surface area contributed by atoms with Gasteiger partial charge in [-0.25, -0.2) is 4.39 Å². The summed E-state index contributed by atoms with van der Waals surface area (Å²) in [6.07, 6.45) is 0. The topological polar surface area (TPSA) is 70.3 Å². The van der Waals surface area contributed by atoms with Gasteiger partial charge < -0.3 is 9.84 Å². The number of ketones is 1. The normalized spacial score (nSPS) is 10.0. The molecule has 2 aromatic carbocycles. The van der Waals surface area contributed by atoms with Crippen molar-refractivity contribution in [3.05, 3.63) is 51.7 Å². The molecule has 0 bridgehead atoms. The fraction of sp³-hybridized carbons (Fsp3) is 0.0667. The molecular weight excluding hydrogens is 341 g/mol. The lowest BCUT2D eigenvalue weighted by molar-refractivity contribution is 0.101. The second kappa shape index (κ2) is 5.94. The Kier molecular flexibility index (Phi) is 4.24. The number of nitrogens with zero attached hydrogens (tertiary/aromatic N) is 1. The van der Waals surface area contributed by atoms with Crippen LogP contribution in [0.25, 0.3) is 0 Å². The van der Waals surface area contributed by atoms with Gasteiger partial charge in [0.2, 0.25) is 0 Å². The van der Waals surface area contributed by atoms with Crippen molar-refractivity contribution in [1.29, 1.82) is 5.26 Å². The number of carbonyl (C=O) groups is 1. The fourth-order valence-electron chi connectivity index (χ4n) is 1.77. The molecule has 0 aliphatic rings. The molecule has 0 aromatic heterocycles. The number of halogens is 2. The number of nitriles is 1. The van der Waals surface area contributed by atoms with Gasteiger partial charge in [0, 0.05) is 23.8 Å². The average Bonchev–Trinajstić information content (AvgIpc) is 2.39. The van der Waals surface area contributed by atoms with Crippen molar-refractivity contribution in [3.63, 3.8) is 0 Å². The van der Waals surface area contributed by atoms with Crippen LogP contribution >= 0.6 is 15.9 Å². The van der Waals surface area contributed by atoms with E-state index in [0.717, 1.165) is 12.1 Å². The molecule has 0 fully saturated rings. The molecule has 1 N–H and O–H groups in total. The Morgan fingerprint density at radius 3 is 2.67 bits per heavy atom. The number of phenols is 1. The predicted molar refractivity (Wildman–Crippen MR) is 77.0 cm³/mol. The van der Waals surface area contributed by atoms with Gasteiger partial charge in [0.1, 0.15) is 29.1 Å². The first-order valence-electron chi connectivity index (χ1n) is 5.83. The number of Topliss-reactive ketones (excluding diaryl/α,β-unsaturated/α-hetero) is 1. The molecule has 4 nitrogen and oxygen atoms in total. The molecule has 2 rings (SSSR count). The summed E-state index contributed by atoms with van der Waals surface area (Å²) in [7, 11) is 0. The van der Waals surface area contributed by atoms with Gasteiger partial charge in [0.15, 0.2) is 5.78 Å². The van der Waals surface area contributed by atoms with Crippen LogP contribution in [0.1, 0.15) is 22.8 Å². The Bertz CT molecular complexity index is 748. The van der Waals surface area contributed by atoms with Crippen LogP contribution in [0.3, 0.4) is 0 Å². The first-order valence-corrected chi connectivity index (χ1v) is 6.62. The van der Waals surface area contributed by atoms with Crippen molar-refractivity contribution in [2.75, 3.05) is 0 Å². The summed E-state index contributed by atoms with van der Waals surface area (Å²) in [6.45, 7) is 1.35. The van der Waals surface area contributed by atoms with Gasteiger partial charge in [-0.15, -0.1) is 0 Å². The van der Waals surface area contributed by atoms with E-state index >= 15 is 0 Å². The zero-order valence-corrected chi connectivity index (χ0v) is 12.4. The quantitative estimate of drug-likeness (QED) is 0.844. The maximum atomic E-state index is 13.2. The van der Waals surface area contributed by atoms with Crippen LogP contribution in [0.2, 0.25) is 0 Å². The van der Waals surface area contributed by atoms with Gasteiger partial charge in [-0.05, 0) is 35.0 Å². The fourth-order valence-corrected chi connectivity index (χ4v) is 2.29. The molecule has 0 unspecified atom stereocenters. The zero-order valence-electron chi connectivity index (χ0n) is 10.9. The number of benzene rings is 2. The van der Waals surface area contributed by atoms with Gasteiger partial charge in [-0.3, -0.25) is 4.79 Å². The van der Waals surface area contributed by atoms with E-state index in [1.807, 2.05) is 6.07 Å². The van der Waals surface area contributed by atoms with Gasteiger partial charge >= 0.3 is 0 Å². The summed E-state index contributed by atoms with van der Waals surface area (Å²) < 4.78 is 18.9. The van der Waals surface area contributed by atoms with Gasteiger partial charge in [-0.1, -0.05) is 0 Å². The number of rotatable bonds is 3. The lowest BCUT2D eigenvalue weighted by atomic mass is 10.1. The van der Waals surface area contributed by atoms with Crippen molar-refractivity contribution < 1.29 is 19.0 Å². The highest BCUT2D eigenvalue weighted by molar-refractivity contribution is 9.10. The van der Waals surface area contributed by atoms with Gasteiger partial charge in [0.25, 0.3) is 0 Å². The standard InChI is InChI=1S/C15H9BrFNO3/c1-8(19)12-2-3-14(15(16)13(12)7-18)21-11-5-9(17)4-10(20)6-11/h2-6,20H,1H3. The molecule has 0 amide bonds. The van der Waals surface area contributed by atoms with Crippen LogP contribution in [0, 0.1) is 17.1 Å². The Hall–Kier alpha value is -2.39. The molecule has 6 heteroatoms. The summed E-state index contributed by atoms with van der Waals surface area (Å²) in [5.41, 5.74) is 0.402. The first kappa shape index (κ1) is 15.0. The molecule has 0 saturated carbocycles. The third-order valence-electron chi connectivity index (χ3n) is 2.68. The summed E-state index contributed by atoms with van der Waals surface area (Å²) in [5, 5.41) is 18.5. The van der Waals surface area contributed by atoms with Crippen molar-refractivity contribution in [2.45, 2.75) is 6.92 Å². The number of ether oxygens (including phenoxy) is 1. The maximum Gasteiger partial charge on any atom is 0.161 e. The maximum absolute atomic E-state index is 13.2. The Morgan fingerprint density at radius 1 is 1.38 bits per heavy atom. The highest BCUT2D eigenvalue weighted by atomic mass is 79.9. The van der Waals surface area contributed by atoms with Crippen LogP contribution < -0.4 is 4.74 Å². The summed E-state index contributed by atoms with van der Waals surface area (Å²) in [5.74, 6) is -0.861. The van der Waals surface area contributed by atoms with E-state index in [1.165, 1.54) is 25.1 Å². The molecule has 0 aliphatic heterocycles. The van der Waals surface area contributed by atoms with Crippen molar-refractivity contribution in [2.24, 2.45) is 0 Å². The minimum Gasteiger partial charge on any atom is -0.508 e. The molecule has 0 spiro atoms. The summed E-state index contributed by atoms with van der Waals surface area (Å²) in [6, 6.07) is 8.15. The number of hydrogen-bond acceptors (Lipinski definition) is 4. The number of carbonyl (C=O) groups excluding carboxylic acids is 1. The summed E-state index contributed by atoms with van der Waals surface area (Å²) in [4.78, 5) is 11.4. The lowest BCUT2D eigenvalue weighted by Gasteiger charge is -2.11. The molecule has 0 atom stereocenters. The largest absolute Gasteiger partial charge is 0.508 e. The van der Waals surface area contributed by atoms with Crippen molar-refractivity contribution >= 4 is 21.7 Å². The van der Waals surface area contributed by atoms with Crippen molar-refractivity contribution in [1.82, 2.24) is 0 Å². The monoisotopic (exact) mass is 349 g/mol. The van der Waals surface area contributed by atoms with Crippen LogP contribution in [0.5, 0.6) is 17.2 Å². The van der Waals surface area contributed by atoms with Gasteiger partial charge in [0.05, 0.1) is 10.0 Å². The van der Waals surface area contributed by atoms with E-state index in [2.05, 4.69) is 15.9 Å². The molecule has 2 aromatic rings. The van der Waals surface area contributed by atoms with Crippen LogP contribution in [-0.2, 0) is 0 Å². The second-order valence-electron chi connectivity index (χ2n) is 4.22. The SMILES string of the molecule is CC(=O)c1ccc(Oc2cc(O)cc(F)c2)c(Br)c1C#N. The Balaban J connectivity index is 2.46. The molecule has 21 heavy (non-hydrogen) atoms. The molecule has 106 valence electrons. The Labute approximate surface area is 128 Å². The summed E-state index contributed by atoms with van der Waals surface area (Å²) >= 11 is 3.20. The minimum atomic E-state index is -0.651. The number of aromatic hydroxyl groups is 1. The Morgan fingerprint density at radius 2 is 2.10 bits per heavy atom. The second-order valence-corrected chi connectivity index (χ2v) is 5.01. The molecule has 0 aliphatic carbocycles. The van der Waals surface area contributed by atoms with Gasteiger partial charge in [-0.2, -0.15) is 5.26 Å². The predicted octanol–water partition coefficient (Wildman–Crippen LogP) is 4.16. The third kappa shape index (κ3) is 3.20. The van der Waals surface area contributed by atoms with E-state index in [-0.39, 0.29) is 34.2 Å². The minimum absolute atomic E-state index is 0.0765. The average molecular weight is 350 g/mol. The molecular formula is C15H9BrFNO3. The first-order chi connectivity index (χ1) is 9.92. The lowest BCUT2D eigenvalue weighted by Crippen LogP contribution is -1.99. The number of hydrogen-bond donors (Lipinski definition) is 1. The number of phenolic OH excluding ortho intramolecular Hbond substituents is 1. The van der Waals surface area contributed by atoms with E-state index in [0.29, 0.717) is 4.47 Å². The van der Waals surface area contributed by atoms with E-state index in [9.17, 15) is 14.3 Å². The highest BCUT2D eigenvalue weighted by Crippen LogP contribution is 2.35. The molecule has 0 heterocycles.